The van der Waals surface area contributed by atoms with Gasteiger partial charge in [0.15, 0.2) is 11.2 Å². The molecule has 0 bridgehead atoms. The first-order valence-electron chi connectivity index (χ1n) is 23.5. The smallest absolute Gasteiger partial charge is 0.159 e. The van der Waals surface area contributed by atoms with E-state index in [0.717, 1.165) is 90.8 Å². The minimum absolute atomic E-state index is 0.0572. The molecule has 0 radical (unpaired) electrons. The van der Waals surface area contributed by atoms with E-state index in [1.807, 2.05) is 0 Å². The molecule has 0 aliphatic heterocycles. The third-order valence-corrected chi connectivity index (χ3v) is 14.7. The van der Waals surface area contributed by atoms with Gasteiger partial charge in [0.25, 0.3) is 0 Å². The molecule has 4 heteroatoms. The molecule has 10 aromatic carbocycles. The Balaban J connectivity index is 1.19. The largest absolute Gasteiger partial charge is 0.454 e. The second-order valence-corrected chi connectivity index (χ2v) is 19.7. The van der Waals surface area contributed by atoms with Crippen molar-refractivity contribution in [1.82, 2.24) is 0 Å². The number of rotatable bonds is 7. The van der Waals surface area contributed by atoms with Crippen LogP contribution >= 0.6 is 0 Å². The maximum Gasteiger partial charge on any atom is 0.159 e. The van der Waals surface area contributed by atoms with Crippen LogP contribution in [0.2, 0.25) is 0 Å². The van der Waals surface area contributed by atoms with E-state index in [-0.39, 0.29) is 11.3 Å². The van der Waals surface area contributed by atoms with Crippen LogP contribution in [0.1, 0.15) is 67.9 Å². The van der Waals surface area contributed by atoms with Crippen LogP contribution in [0, 0.1) is 13.8 Å². The van der Waals surface area contributed by atoms with Crippen molar-refractivity contribution in [2.24, 2.45) is 0 Å². The summed E-state index contributed by atoms with van der Waals surface area (Å²) in [6.45, 7) is 14.0. The minimum Gasteiger partial charge on any atom is -0.454 e. The molecule has 0 N–H and O–H groups in total. The molecule has 0 atom stereocenters. The van der Waals surface area contributed by atoms with Crippen molar-refractivity contribution in [2.75, 3.05) is 9.80 Å². The number of fused-ring (bicyclic) bond motifs is 6. The molecule has 4 nitrogen and oxygen atoms in total. The van der Waals surface area contributed by atoms with Crippen molar-refractivity contribution in [2.45, 2.75) is 65.7 Å². The quantitative estimate of drug-likeness (QED) is 0.150. The normalized spacial score (nSPS) is 13.7. The average molecular weight is 855 g/mol. The summed E-state index contributed by atoms with van der Waals surface area (Å²) in [4.78, 5) is 4.96. The topological polar surface area (TPSA) is 32.8 Å². The fraction of sp³-hybridized carbons (Fsp3) is 0.161. The fourth-order valence-electron chi connectivity index (χ4n) is 11.5. The van der Waals surface area contributed by atoms with Crippen LogP contribution in [-0.2, 0) is 11.8 Å². The van der Waals surface area contributed by atoms with Crippen LogP contribution < -0.4 is 9.80 Å². The van der Waals surface area contributed by atoms with E-state index in [1.165, 1.54) is 60.1 Å². The number of nitrogens with zero attached hydrogens (tertiary/aromatic N) is 2. The molecule has 2 heterocycles. The van der Waals surface area contributed by atoms with Gasteiger partial charge in [-0.25, -0.2) is 0 Å². The van der Waals surface area contributed by atoms with Crippen LogP contribution in [0.5, 0.6) is 0 Å². The molecule has 320 valence electrons. The van der Waals surface area contributed by atoms with E-state index >= 15 is 0 Å². The van der Waals surface area contributed by atoms with Gasteiger partial charge in [0.1, 0.15) is 11.2 Å². The zero-order valence-corrected chi connectivity index (χ0v) is 38.3. The first kappa shape index (κ1) is 38.9. The van der Waals surface area contributed by atoms with Crippen molar-refractivity contribution >= 4 is 110 Å². The molecular formula is C62H50N2O2. The standard InChI is InChI=1S/C62H50N2O2/c1-36(2)48-35-54(64(41-18-12-16-38(4)32-41)52-24-14-22-46-43-20-8-10-26-56(43)66-61(46)52)49-34-50-57-39(29-30-62(50,5)6)33-53(47-28-27-44(48)58(49)59(47)57)63(40-17-11-15-37(3)31-40)51-23-13-21-45-42-19-7-9-25-55(42)65-60(45)51/h7-28,31-36H,29-30H2,1-6H3. The Morgan fingerprint density at radius 3 is 1.56 bits per heavy atom. The van der Waals surface area contributed by atoms with Crippen LogP contribution in [-0.4, -0.2) is 0 Å². The highest BCUT2D eigenvalue weighted by Crippen LogP contribution is 2.55. The lowest BCUT2D eigenvalue weighted by molar-refractivity contribution is 0.475. The first-order valence-corrected chi connectivity index (χ1v) is 23.5. The average Bonchev–Trinajstić information content (AvgIpc) is 3.90. The molecule has 0 unspecified atom stereocenters. The van der Waals surface area contributed by atoms with Crippen molar-refractivity contribution in [3.63, 3.8) is 0 Å². The monoisotopic (exact) mass is 854 g/mol. The Kier molecular flexibility index (Phi) is 8.37. The molecule has 0 fully saturated rings. The van der Waals surface area contributed by atoms with Crippen molar-refractivity contribution in [3.8, 4) is 0 Å². The van der Waals surface area contributed by atoms with Gasteiger partial charge in [-0.1, -0.05) is 125 Å². The van der Waals surface area contributed by atoms with E-state index in [9.17, 15) is 0 Å². The van der Waals surface area contributed by atoms with Gasteiger partial charge in [-0.15, -0.1) is 0 Å². The number of anilines is 6. The van der Waals surface area contributed by atoms with Crippen molar-refractivity contribution in [3.05, 3.63) is 192 Å². The Morgan fingerprint density at radius 2 is 0.985 bits per heavy atom. The molecule has 12 aromatic rings. The maximum absolute atomic E-state index is 6.87. The van der Waals surface area contributed by atoms with Crippen LogP contribution in [0.25, 0.3) is 76.2 Å². The molecule has 2 aromatic heterocycles. The van der Waals surface area contributed by atoms with Gasteiger partial charge in [-0.3, -0.25) is 0 Å². The third-order valence-electron chi connectivity index (χ3n) is 14.7. The van der Waals surface area contributed by atoms with Crippen LogP contribution in [0.3, 0.4) is 0 Å². The zero-order valence-electron chi connectivity index (χ0n) is 38.3. The number of hydrogen-bond donors (Lipinski definition) is 0. The van der Waals surface area contributed by atoms with Crippen molar-refractivity contribution in [1.29, 1.82) is 0 Å². The highest BCUT2D eigenvalue weighted by Gasteiger charge is 2.35. The molecule has 0 saturated carbocycles. The molecule has 1 aliphatic rings. The molecule has 66 heavy (non-hydrogen) atoms. The van der Waals surface area contributed by atoms with Gasteiger partial charge in [0, 0.05) is 49.1 Å². The van der Waals surface area contributed by atoms with E-state index in [4.69, 9.17) is 8.83 Å². The van der Waals surface area contributed by atoms with E-state index in [1.54, 1.807) is 0 Å². The molecule has 13 rings (SSSR count). The summed E-state index contributed by atoms with van der Waals surface area (Å²) in [6.07, 6.45) is 2.04. The second-order valence-electron chi connectivity index (χ2n) is 19.7. The van der Waals surface area contributed by atoms with Gasteiger partial charge in [0.2, 0.25) is 0 Å². The zero-order chi connectivity index (χ0) is 44.6. The molecule has 0 spiro atoms. The summed E-state index contributed by atoms with van der Waals surface area (Å²) in [5, 5.41) is 12.3. The highest BCUT2D eigenvalue weighted by molar-refractivity contribution is 6.31. The summed E-state index contributed by atoms with van der Waals surface area (Å²) < 4.78 is 13.7. The number of benzene rings is 10. The van der Waals surface area contributed by atoms with Gasteiger partial charge in [-0.2, -0.15) is 0 Å². The Bertz CT molecular complexity index is 3940. The van der Waals surface area contributed by atoms with Crippen LogP contribution in [0.4, 0.5) is 34.1 Å². The molecule has 1 aliphatic carbocycles. The number of aryl methyl sites for hydroxylation is 3. The third kappa shape index (κ3) is 5.64. The van der Waals surface area contributed by atoms with Gasteiger partial charge >= 0.3 is 0 Å². The van der Waals surface area contributed by atoms with E-state index in [2.05, 4.69) is 215 Å². The van der Waals surface area contributed by atoms with Gasteiger partial charge in [0.05, 0.1) is 22.7 Å². The molecule has 0 amide bonds. The van der Waals surface area contributed by atoms with Crippen LogP contribution in [0.15, 0.2) is 173 Å². The number of para-hydroxylation sites is 4. The summed E-state index contributed by atoms with van der Waals surface area (Å²) in [5.74, 6) is 0.256. The Hall–Kier alpha value is -7.56. The lowest BCUT2D eigenvalue weighted by Gasteiger charge is -2.37. The second kappa shape index (κ2) is 14.2. The predicted octanol–water partition coefficient (Wildman–Crippen LogP) is 18.3. The molecule has 0 saturated heterocycles. The summed E-state index contributed by atoms with van der Waals surface area (Å²) >= 11 is 0. The fourth-order valence-corrected chi connectivity index (χ4v) is 11.5. The van der Waals surface area contributed by atoms with Gasteiger partial charge < -0.3 is 18.6 Å². The number of furan rings is 2. The summed E-state index contributed by atoms with van der Waals surface area (Å²) in [7, 11) is 0. The predicted molar refractivity (Wildman–Crippen MR) is 279 cm³/mol. The van der Waals surface area contributed by atoms with E-state index < -0.39 is 0 Å². The summed E-state index contributed by atoms with van der Waals surface area (Å²) in [6, 6.07) is 60.4. The highest BCUT2D eigenvalue weighted by atomic mass is 16.3. The SMILES string of the molecule is Cc1cccc(N(c2cc(C(C)C)c3ccc4c(N(c5cccc(C)c5)c5cccc6c5oc5ccccc56)cc5c6c(cc2c3c46)C(C)(C)CC5)c2cccc3c2oc2ccccc23)c1. The summed E-state index contributed by atoms with van der Waals surface area (Å²) in [5.41, 5.74) is 16.6. The molecular weight excluding hydrogens is 805 g/mol. The lowest BCUT2D eigenvalue weighted by atomic mass is 9.70. The minimum atomic E-state index is -0.0572. The lowest BCUT2D eigenvalue weighted by Crippen LogP contribution is -2.24. The maximum atomic E-state index is 6.87. The Morgan fingerprint density at radius 1 is 0.455 bits per heavy atom. The van der Waals surface area contributed by atoms with E-state index in [0.29, 0.717) is 0 Å². The number of hydrogen-bond acceptors (Lipinski definition) is 4. The Labute approximate surface area is 384 Å². The first-order chi connectivity index (χ1) is 32.1. The van der Waals surface area contributed by atoms with Crippen molar-refractivity contribution < 1.29 is 8.83 Å². The van der Waals surface area contributed by atoms with Gasteiger partial charge in [-0.05, 0) is 149 Å².